The summed E-state index contributed by atoms with van der Waals surface area (Å²) in [6.45, 7) is 0.409. The Hall–Kier alpha value is -3.65. The summed E-state index contributed by atoms with van der Waals surface area (Å²) in [5.41, 5.74) is 1.84. The van der Waals surface area contributed by atoms with Crippen molar-refractivity contribution in [3.05, 3.63) is 76.9 Å². The number of benzene rings is 2. The summed E-state index contributed by atoms with van der Waals surface area (Å²) in [5, 5.41) is 16.3. The Bertz CT molecular complexity index is 1580. The predicted molar refractivity (Wildman–Crippen MR) is 165 cm³/mol. The number of carbonyl (C=O) groups is 3. The van der Waals surface area contributed by atoms with E-state index in [9.17, 15) is 14.4 Å². The number of epoxide rings is 1. The molecule has 4 heterocycles. The number of carbonyl (C=O) groups excluding carboxylic acids is 3. The lowest BCUT2D eigenvalue weighted by atomic mass is 9.62. The van der Waals surface area contributed by atoms with Gasteiger partial charge in [0.05, 0.1) is 25.4 Å². The van der Waals surface area contributed by atoms with E-state index in [1.807, 2.05) is 18.2 Å². The Balaban J connectivity index is 1.02. The summed E-state index contributed by atoms with van der Waals surface area (Å²) in [7, 11) is 0. The van der Waals surface area contributed by atoms with Crippen LogP contribution in [0.1, 0.15) is 52.7 Å². The summed E-state index contributed by atoms with van der Waals surface area (Å²) < 4.78 is 23.4. The van der Waals surface area contributed by atoms with Gasteiger partial charge in [-0.2, -0.15) is 5.06 Å². The van der Waals surface area contributed by atoms with Gasteiger partial charge < -0.3 is 34.7 Å². The van der Waals surface area contributed by atoms with E-state index in [0.717, 1.165) is 30.4 Å². The molecule has 4 aliphatic heterocycles. The number of amides is 2. The van der Waals surface area contributed by atoms with Crippen molar-refractivity contribution in [2.24, 2.45) is 11.3 Å². The molecule has 2 aromatic rings. The summed E-state index contributed by atoms with van der Waals surface area (Å²) in [6.07, 6.45) is 6.35. The second-order valence-electron chi connectivity index (χ2n) is 13.4. The Morgan fingerprint density at radius 1 is 1.00 bits per heavy atom. The van der Waals surface area contributed by atoms with E-state index in [2.05, 4.69) is 34.9 Å². The molecule has 3 unspecified atom stereocenters. The van der Waals surface area contributed by atoms with Crippen molar-refractivity contribution in [3.8, 4) is 0 Å². The summed E-state index contributed by atoms with van der Waals surface area (Å²) in [6, 6.07) is 14.0. The monoisotopic (exact) mass is 645 g/mol. The molecule has 2 amide bonds. The van der Waals surface area contributed by atoms with Crippen LogP contribution in [0.15, 0.2) is 54.6 Å². The van der Waals surface area contributed by atoms with Gasteiger partial charge in [0.2, 0.25) is 5.91 Å². The maximum atomic E-state index is 14.3. The third-order valence-corrected chi connectivity index (χ3v) is 10.4. The van der Waals surface area contributed by atoms with E-state index in [0.29, 0.717) is 29.3 Å². The van der Waals surface area contributed by atoms with Crippen LogP contribution in [0.2, 0.25) is 0 Å². The zero-order valence-corrected chi connectivity index (χ0v) is 25.9. The first-order valence-electron chi connectivity index (χ1n) is 16.5. The summed E-state index contributed by atoms with van der Waals surface area (Å²) in [5.74, 6) is -0.679. The highest BCUT2D eigenvalue weighted by atomic mass is 16.8. The highest BCUT2D eigenvalue weighted by Gasteiger charge is 2.74. The lowest BCUT2D eigenvalue weighted by molar-refractivity contribution is -0.201. The van der Waals surface area contributed by atoms with Crippen molar-refractivity contribution in [1.29, 1.82) is 0 Å². The Morgan fingerprint density at radius 3 is 2.72 bits per heavy atom. The van der Waals surface area contributed by atoms with Gasteiger partial charge in [-0.15, -0.1) is 0 Å². The molecule has 6 fully saturated rings. The van der Waals surface area contributed by atoms with Crippen molar-refractivity contribution >= 4 is 23.9 Å². The van der Waals surface area contributed by atoms with Crippen LogP contribution < -0.4 is 10.6 Å². The SMILES string of the molecule is O=C(NCCO)c1cccc(CNC(=O)[C@@]23C[C@H]4OC(=O)[C@@H]2N(Cc2cccc(C=CC5CCC6OC6C5)c2)O[C@@H]3[C@H]2OCO[C@H]24)c1. The third-order valence-electron chi connectivity index (χ3n) is 10.4. The van der Waals surface area contributed by atoms with E-state index < -0.39 is 41.8 Å². The fourth-order valence-electron chi connectivity index (χ4n) is 8.11. The van der Waals surface area contributed by atoms with Crippen LogP contribution in [0.4, 0.5) is 0 Å². The number of ether oxygens (including phenoxy) is 4. The molecule has 248 valence electrons. The van der Waals surface area contributed by atoms with Gasteiger partial charge in [0.25, 0.3) is 5.91 Å². The van der Waals surface area contributed by atoms with Crippen LogP contribution in [0.25, 0.3) is 6.08 Å². The third kappa shape index (κ3) is 5.66. The molecule has 9 atom stereocenters. The largest absolute Gasteiger partial charge is 0.458 e. The van der Waals surface area contributed by atoms with E-state index in [1.54, 1.807) is 23.3 Å². The first kappa shape index (κ1) is 30.7. The van der Waals surface area contributed by atoms with E-state index >= 15 is 0 Å². The number of aliphatic hydroxyl groups is 1. The number of rotatable bonds is 10. The first-order valence-corrected chi connectivity index (χ1v) is 16.5. The number of hydrogen-bond donors (Lipinski definition) is 3. The molecule has 12 heteroatoms. The molecule has 2 aliphatic carbocycles. The number of nitrogens with one attached hydrogen (secondary N) is 2. The summed E-state index contributed by atoms with van der Waals surface area (Å²) >= 11 is 0. The second kappa shape index (κ2) is 12.4. The van der Waals surface area contributed by atoms with Crippen LogP contribution >= 0.6 is 0 Å². The van der Waals surface area contributed by atoms with Gasteiger partial charge in [-0.25, -0.2) is 0 Å². The number of aliphatic hydroxyl groups excluding tert-OH is 1. The fourth-order valence-corrected chi connectivity index (χ4v) is 8.11. The molecule has 0 radical (unpaired) electrons. The normalized spacial score (nSPS) is 35.2. The van der Waals surface area contributed by atoms with Gasteiger partial charge in [0.15, 0.2) is 6.04 Å². The molecule has 3 N–H and O–H groups in total. The average Bonchev–Trinajstić information content (AvgIpc) is 3.52. The Labute approximate surface area is 272 Å². The zero-order valence-electron chi connectivity index (χ0n) is 25.9. The fraction of sp³-hybridized carbons (Fsp3) is 0.514. The molecule has 4 saturated heterocycles. The van der Waals surface area contributed by atoms with Crippen molar-refractivity contribution in [2.45, 2.75) is 81.4 Å². The van der Waals surface area contributed by atoms with Gasteiger partial charge >= 0.3 is 5.97 Å². The number of hydroxylamine groups is 2. The number of allylic oxidation sites excluding steroid dienone is 1. The van der Waals surface area contributed by atoms with Crippen molar-refractivity contribution in [1.82, 2.24) is 15.7 Å². The average molecular weight is 646 g/mol. The molecule has 0 spiro atoms. The minimum Gasteiger partial charge on any atom is -0.458 e. The van der Waals surface area contributed by atoms with E-state index in [1.165, 1.54) is 0 Å². The van der Waals surface area contributed by atoms with Gasteiger partial charge in [0.1, 0.15) is 36.6 Å². The first-order chi connectivity index (χ1) is 22.9. The van der Waals surface area contributed by atoms with Gasteiger partial charge in [-0.1, -0.05) is 48.6 Å². The topological polar surface area (TPSA) is 148 Å². The smallest absolute Gasteiger partial charge is 0.327 e. The Morgan fingerprint density at radius 2 is 1.85 bits per heavy atom. The van der Waals surface area contributed by atoms with E-state index in [4.69, 9.17) is 28.9 Å². The number of esters is 1. The number of fused-ring (bicyclic) bond motifs is 5. The molecule has 8 rings (SSSR count). The van der Waals surface area contributed by atoms with Crippen LogP contribution in [-0.4, -0.2) is 90.6 Å². The molecule has 0 aromatic heterocycles. The van der Waals surface area contributed by atoms with E-state index in [-0.39, 0.29) is 51.3 Å². The molecule has 6 aliphatic rings. The minimum absolute atomic E-state index is 0.0274. The molecular weight excluding hydrogens is 606 g/mol. The molecule has 12 nitrogen and oxygen atoms in total. The second-order valence-corrected chi connectivity index (χ2v) is 13.4. The van der Waals surface area contributed by atoms with Crippen LogP contribution in [0.3, 0.4) is 0 Å². The molecule has 47 heavy (non-hydrogen) atoms. The van der Waals surface area contributed by atoms with Gasteiger partial charge in [-0.3, -0.25) is 19.2 Å². The number of hydrogen-bond acceptors (Lipinski definition) is 10. The molecular formula is C35H39N3O9. The van der Waals surface area contributed by atoms with Crippen LogP contribution in [0.5, 0.6) is 0 Å². The number of nitrogens with zero attached hydrogens (tertiary/aromatic N) is 1. The lowest BCUT2D eigenvalue weighted by Crippen LogP contribution is -2.69. The zero-order chi connectivity index (χ0) is 32.1. The van der Waals surface area contributed by atoms with Crippen molar-refractivity contribution in [3.63, 3.8) is 0 Å². The standard InChI is InChI=1S/C35H39N3O9/c39-12-11-36-32(40)24-6-2-4-22(14-24)17-37-34(42)35-16-27-28-29(44-19-43-28)31(35)47-38(30(35)33(41)46-27)18-23-5-1-3-20(13-23)7-8-21-9-10-25-26(15-21)45-25/h1-8,13-14,21,25-31,39H,9-12,15-19H2,(H,36,40)(H,37,42)/t21?,25?,26?,27-,28+,29+,30+,31-,35+/m1/s1. The minimum atomic E-state index is -1.27. The highest BCUT2D eigenvalue weighted by molar-refractivity contribution is 5.95. The van der Waals surface area contributed by atoms with Gasteiger partial charge in [-0.05, 0) is 54.0 Å². The maximum absolute atomic E-state index is 14.3. The van der Waals surface area contributed by atoms with Crippen LogP contribution in [0, 0.1) is 11.3 Å². The summed E-state index contributed by atoms with van der Waals surface area (Å²) in [4.78, 5) is 47.0. The van der Waals surface area contributed by atoms with Gasteiger partial charge in [0, 0.05) is 25.1 Å². The van der Waals surface area contributed by atoms with Crippen LogP contribution in [-0.2, 0) is 46.5 Å². The quantitative estimate of drug-likeness (QED) is 0.258. The highest BCUT2D eigenvalue weighted by Crippen LogP contribution is 2.55. The maximum Gasteiger partial charge on any atom is 0.327 e. The van der Waals surface area contributed by atoms with Crippen molar-refractivity contribution in [2.75, 3.05) is 19.9 Å². The molecule has 2 bridgehead atoms. The lowest BCUT2D eigenvalue weighted by Gasteiger charge is -2.48. The van der Waals surface area contributed by atoms with Crippen molar-refractivity contribution < 1.29 is 43.3 Å². The molecule has 2 saturated carbocycles. The Kier molecular flexibility index (Phi) is 8.11. The molecule has 2 aromatic carbocycles. The predicted octanol–water partition coefficient (Wildman–Crippen LogP) is 1.85.